The molecular formula is C33H38O5. The highest BCUT2D eigenvalue weighted by Crippen LogP contribution is 2.51. The van der Waals surface area contributed by atoms with Crippen molar-refractivity contribution >= 4 is 11.9 Å². The van der Waals surface area contributed by atoms with Crippen molar-refractivity contribution in [3.63, 3.8) is 0 Å². The third-order valence-electron chi connectivity index (χ3n) is 7.41. The third-order valence-corrected chi connectivity index (χ3v) is 7.41. The van der Waals surface area contributed by atoms with Crippen molar-refractivity contribution in [1.29, 1.82) is 0 Å². The van der Waals surface area contributed by atoms with Gasteiger partial charge in [0, 0.05) is 11.1 Å². The van der Waals surface area contributed by atoms with Crippen molar-refractivity contribution < 1.29 is 24.2 Å². The Morgan fingerprint density at radius 2 is 1.24 bits per heavy atom. The molecule has 1 aliphatic carbocycles. The average Bonchev–Trinajstić information content (AvgIpc) is 3.20. The minimum Gasteiger partial charge on any atom is -0.508 e. The van der Waals surface area contributed by atoms with Gasteiger partial charge in [0.25, 0.3) is 0 Å². The fraction of sp³-hybridized carbons (Fsp3) is 0.333. The van der Waals surface area contributed by atoms with Crippen LogP contribution in [0, 0.1) is 10.8 Å². The van der Waals surface area contributed by atoms with Gasteiger partial charge in [0.2, 0.25) is 0 Å². The van der Waals surface area contributed by atoms with Crippen molar-refractivity contribution in [2.45, 2.75) is 60.0 Å². The highest BCUT2D eigenvalue weighted by atomic mass is 16.6. The van der Waals surface area contributed by atoms with Gasteiger partial charge in [-0.15, -0.1) is 0 Å². The first kappa shape index (κ1) is 28.7. The van der Waals surface area contributed by atoms with Gasteiger partial charge in [0.15, 0.2) is 5.60 Å². The Morgan fingerprint density at radius 3 is 1.68 bits per heavy atom. The molecule has 0 radical (unpaired) electrons. The van der Waals surface area contributed by atoms with E-state index in [1.54, 1.807) is 18.2 Å². The molecule has 3 aromatic carbocycles. The molecule has 5 nitrogen and oxygen atoms in total. The molecule has 1 aliphatic rings. The number of hydrogen-bond donors (Lipinski definition) is 1. The summed E-state index contributed by atoms with van der Waals surface area (Å²) in [6.45, 7) is 15.5. The van der Waals surface area contributed by atoms with Crippen molar-refractivity contribution in [2.75, 3.05) is 0 Å². The summed E-state index contributed by atoms with van der Waals surface area (Å²) in [5.41, 5.74) is 2.26. The molecule has 5 heteroatoms. The summed E-state index contributed by atoms with van der Waals surface area (Å²) in [4.78, 5) is 24.4. The Labute approximate surface area is 226 Å². The number of hydrogen-bond acceptors (Lipinski definition) is 5. The van der Waals surface area contributed by atoms with E-state index in [-0.39, 0.29) is 17.7 Å². The summed E-state index contributed by atoms with van der Waals surface area (Å²) in [5, 5.41) is 9.06. The molecule has 0 unspecified atom stereocenters. The van der Waals surface area contributed by atoms with Crippen LogP contribution in [-0.4, -0.2) is 17.0 Å². The van der Waals surface area contributed by atoms with Gasteiger partial charge in [-0.25, -0.2) is 0 Å². The normalized spacial score (nSPS) is 13.3. The lowest BCUT2D eigenvalue weighted by Gasteiger charge is -2.32. The highest BCUT2D eigenvalue weighted by molar-refractivity contribution is 5.84. The Bertz CT molecular complexity index is 1260. The molecule has 1 N–H and O–H groups in total. The zero-order valence-corrected chi connectivity index (χ0v) is 23.2. The quantitative estimate of drug-likeness (QED) is 0.198. The largest absolute Gasteiger partial charge is 0.508 e. The summed E-state index contributed by atoms with van der Waals surface area (Å²) < 4.78 is 11.3. The molecule has 38 heavy (non-hydrogen) atoms. The second kappa shape index (κ2) is 11.3. The number of phenolic OH excluding ortho intramolecular Hbond substituents is 1. The summed E-state index contributed by atoms with van der Waals surface area (Å²) in [6, 6.07) is 22.2. The molecule has 0 amide bonds. The van der Waals surface area contributed by atoms with Gasteiger partial charge in [-0.2, -0.15) is 0 Å². The molecule has 0 spiro atoms. The number of phenols is 1. The van der Waals surface area contributed by atoms with E-state index in [1.807, 2.05) is 77.9 Å². The predicted octanol–water partition coefficient (Wildman–Crippen LogP) is 7.81. The maximum Gasteiger partial charge on any atom is 0.316 e. The predicted molar refractivity (Wildman–Crippen MR) is 151 cm³/mol. The second-order valence-electron chi connectivity index (χ2n) is 10.8. The topological polar surface area (TPSA) is 72.8 Å². The van der Waals surface area contributed by atoms with Gasteiger partial charge in [-0.3, -0.25) is 9.59 Å². The van der Waals surface area contributed by atoms with Crippen LogP contribution < -0.4 is 4.74 Å². The maximum absolute atomic E-state index is 12.8. The Morgan fingerprint density at radius 1 is 0.789 bits per heavy atom. The Balaban J connectivity index is 0.000000232. The van der Waals surface area contributed by atoms with Crippen LogP contribution in [0.3, 0.4) is 0 Å². The van der Waals surface area contributed by atoms with Crippen molar-refractivity contribution in [1.82, 2.24) is 0 Å². The van der Waals surface area contributed by atoms with Crippen molar-refractivity contribution in [3.8, 4) is 22.6 Å². The van der Waals surface area contributed by atoms with E-state index < -0.39 is 16.4 Å². The number of ether oxygens (including phenoxy) is 2. The van der Waals surface area contributed by atoms with Crippen LogP contribution in [0.2, 0.25) is 0 Å². The minimum atomic E-state index is -0.906. The first-order valence-electron chi connectivity index (χ1n) is 13.0. The molecule has 0 aromatic heterocycles. The van der Waals surface area contributed by atoms with Gasteiger partial charge in [0.1, 0.15) is 11.5 Å². The van der Waals surface area contributed by atoms with Crippen molar-refractivity contribution in [3.05, 3.63) is 96.6 Å². The molecule has 4 rings (SSSR count). The van der Waals surface area contributed by atoms with E-state index >= 15 is 0 Å². The number of carbonyl (C=O) groups excluding carboxylic acids is 2. The first-order chi connectivity index (χ1) is 17.9. The monoisotopic (exact) mass is 514 g/mol. The van der Waals surface area contributed by atoms with Gasteiger partial charge in [0.05, 0.1) is 10.8 Å². The number of rotatable bonds is 7. The van der Waals surface area contributed by atoms with Crippen LogP contribution in [0.15, 0.2) is 85.5 Å². The molecule has 0 heterocycles. The summed E-state index contributed by atoms with van der Waals surface area (Å²) in [7, 11) is 0. The molecule has 0 saturated heterocycles. The molecule has 0 fully saturated rings. The van der Waals surface area contributed by atoms with Crippen molar-refractivity contribution in [2.24, 2.45) is 10.8 Å². The van der Waals surface area contributed by atoms with E-state index in [1.165, 1.54) is 12.1 Å². The number of fused-ring (bicyclic) bond motifs is 3. The van der Waals surface area contributed by atoms with Crippen LogP contribution in [0.1, 0.15) is 65.5 Å². The minimum absolute atomic E-state index is 0.157. The Kier molecular flexibility index (Phi) is 8.51. The van der Waals surface area contributed by atoms with E-state index in [4.69, 9.17) is 14.6 Å². The fourth-order valence-corrected chi connectivity index (χ4v) is 3.93. The van der Waals surface area contributed by atoms with E-state index in [9.17, 15) is 9.59 Å². The van der Waals surface area contributed by atoms with Gasteiger partial charge >= 0.3 is 11.9 Å². The van der Waals surface area contributed by atoms with Gasteiger partial charge in [-0.1, -0.05) is 69.0 Å². The standard InChI is InChI=1S/C21H22O2.C12H16O3/c1-5-20(3,4)19(22)23-21(6-2)17-13-9-7-11-15(17)16-12-8-10-14-18(16)21;1-4-12(2,3)11(14)15-10-7-5-9(13)6-8-10/h6-14H,2,5H2,1,3-4H3;5-8,13H,4H2,1-3H3. The lowest BCUT2D eigenvalue weighted by molar-refractivity contribution is -0.163. The van der Waals surface area contributed by atoms with E-state index in [0.29, 0.717) is 5.75 Å². The maximum atomic E-state index is 12.8. The van der Waals surface area contributed by atoms with Crippen LogP contribution in [0.4, 0.5) is 0 Å². The summed E-state index contributed by atoms with van der Waals surface area (Å²) in [6.07, 6.45) is 3.20. The molecule has 0 atom stereocenters. The molecule has 0 aliphatic heterocycles. The lowest BCUT2D eigenvalue weighted by atomic mass is 9.88. The number of aromatic hydroxyl groups is 1. The van der Waals surface area contributed by atoms with E-state index in [0.717, 1.165) is 35.1 Å². The summed E-state index contributed by atoms with van der Waals surface area (Å²) >= 11 is 0. The van der Waals surface area contributed by atoms with Crippen LogP contribution in [-0.2, 0) is 19.9 Å². The molecule has 0 saturated carbocycles. The summed E-state index contributed by atoms with van der Waals surface area (Å²) in [5.74, 6) is 0.158. The number of esters is 2. The zero-order chi connectivity index (χ0) is 28.1. The average molecular weight is 515 g/mol. The molecular weight excluding hydrogens is 476 g/mol. The SMILES string of the molecule is C=CC1(OC(=O)C(C)(C)CC)c2ccccc2-c2ccccc21.CCC(C)(C)C(=O)Oc1ccc(O)cc1. The van der Waals surface area contributed by atoms with Crippen LogP contribution in [0.25, 0.3) is 11.1 Å². The van der Waals surface area contributed by atoms with Crippen LogP contribution in [0.5, 0.6) is 11.5 Å². The zero-order valence-electron chi connectivity index (χ0n) is 23.2. The van der Waals surface area contributed by atoms with Gasteiger partial charge < -0.3 is 14.6 Å². The van der Waals surface area contributed by atoms with E-state index in [2.05, 4.69) is 18.7 Å². The molecule has 200 valence electrons. The second-order valence-corrected chi connectivity index (χ2v) is 10.8. The molecule has 0 bridgehead atoms. The number of carbonyl (C=O) groups is 2. The van der Waals surface area contributed by atoms with Crippen LogP contribution >= 0.6 is 0 Å². The fourth-order valence-electron chi connectivity index (χ4n) is 3.93. The highest BCUT2D eigenvalue weighted by Gasteiger charge is 2.46. The third kappa shape index (κ3) is 5.67. The number of benzene rings is 3. The lowest BCUT2D eigenvalue weighted by Crippen LogP contribution is -2.36. The first-order valence-corrected chi connectivity index (χ1v) is 13.0. The Hall–Kier alpha value is -3.86. The smallest absolute Gasteiger partial charge is 0.316 e. The molecule has 3 aromatic rings. The van der Waals surface area contributed by atoms with Gasteiger partial charge in [-0.05, 0) is 82.0 Å².